The van der Waals surface area contributed by atoms with Gasteiger partial charge in [0, 0.05) is 21.9 Å². The van der Waals surface area contributed by atoms with Gasteiger partial charge in [-0.05, 0) is 232 Å². The van der Waals surface area contributed by atoms with Crippen molar-refractivity contribution in [3.63, 3.8) is 0 Å². The summed E-state index contributed by atoms with van der Waals surface area (Å²) >= 11 is 0. The van der Waals surface area contributed by atoms with Crippen molar-refractivity contribution in [3.8, 4) is 112 Å². The maximum atomic E-state index is 6.63. The van der Waals surface area contributed by atoms with Crippen LogP contribution >= 0.6 is 0 Å². The highest BCUT2D eigenvalue weighted by Gasteiger charge is 2.27. The molecule has 2 heteroatoms. The van der Waals surface area contributed by atoms with Crippen molar-refractivity contribution in [2.45, 2.75) is 33.1 Å². The number of fused-ring (bicyclic) bond motifs is 5. The van der Waals surface area contributed by atoms with Gasteiger partial charge >= 0.3 is 0 Å². The fourth-order valence-corrected chi connectivity index (χ4v) is 16.3. The zero-order valence-corrected chi connectivity index (χ0v) is 59.0. The first-order valence-electron chi connectivity index (χ1n) is 36.4. The molecule has 0 saturated heterocycles. The molecule has 0 spiro atoms. The predicted octanol–water partition coefficient (Wildman–Crippen LogP) is 29.5. The molecule has 0 radical (unpaired) electrons. The number of furan rings is 2. The lowest BCUT2D eigenvalue weighted by molar-refractivity contribution is 0.590. The second-order valence-corrected chi connectivity index (χ2v) is 29.0. The number of rotatable bonds is 10. The number of hydrogen-bond donors (Lipinski definition) is 0. The number of hydrogen-bond acceptors (Lipinski definition) is 2. The van der Waals surface area contributed by atoms with Crippen LogP contribution in [-0.4, -0.2) is 0 Å². The van der Waals surface area contributed by atoms with Gasteiger partial charge < -0.3 is 8.83 Å². The van der Waals surface area contributed by atoms with Crippen LogP contribution in [0.4, 0.5) is 0 Å². The second kappa shape index (κ2) is 25.7. The molecule has 0 N–H and O–H groups in total. The Bertz CT molecular complexity index is 6440. The molecule has 2 nitrogen and oxygen atoms in total. The second-order valence-electron chi connectivity index (χ2n) is 29.0. The Morgan fingerprint density at radius 3 is 1.01 bits per heavy atom. The van der Waals surface area contributed by atoms with Gasteiger partial charge in [0.25, 0.3) is 0 Å². The Balaban J connectivity index is 0.000000144. The monoisotopic (exact) mass is 1340 g/mol. The summed E-state index contributed by atoms with van der Waals surface area (Å²) in [5.74, 6) is 1.75. The first-order valence-corrected chi connectivity index (χ1v) is 36.4. The SMILES string of the molecule is Cc1ccc(-c2cc(-c3cc4ccccc4o3)c3ccc4c(-c5cccc(C(C)(C)C)c5)cc(-c5cc6ccccc6o5)c5ccc2c3c45)cc1.c1ccc(-c2ccc(-c3c4ccccc4c(-c4ccc(-c5ccccc5)cc4-c4ccccc4)c4cc5ccccc5cc34)c(-c3ccccc3)c2)cc1. The van der Waals surface area contributed by atoms with Gasteiger partial charge in [-0.25, -0.2) is 0 Å². The highest BCUT2D eigenvalue weighted by atomic mass is 16.3. The van der Waals surface area contributed by atoms with Crippen molar-refractivity contribution in [1.29, 1.82) is 0 Å². The molecule has 0 aliphatic carbocycles. The largest absolute Gasteiger partial charge is 0.456 e. The van der Waals surface area contributed by atoms with Crippen LogP contribution in [0.5, 0.6) is 0 Å². The predicted molar refractivity (Wildman–Crippen MR) is 446 cm³/mol. The van der Waals surface area contributed by atoms with Gasteiger partial charge in [0.1, 0.15) is 22.7 Å². The summed E-state index contributed by atoms with van der Waals surface area (Å²) in [6.07, 6.45) is 0. The molecular formula is C103H72O2. The molecule has 0 amide bonds. The summed E-state index contributed by atoms with van der Waals surface area (Å²) in [5.41, 5.74) is 26.0. The summed E-state index contributed by atoms with van der Waals surface area (Å²) < 4.78 is 13.2. The third-order valence-corrected chi connectivity index (χ3v) is 21.5. The minimum Gasteiger partial charge on any atom is -0.456 e. The van der Waals surface area contributed by atoms with E-state index in [2.05, 4.69) is 373 Å². The van der Waals surface area contributed by atoms with Gasteiger partial charge in [0.15, 0.2) is 0 Å². The van der Waals surface area contributed by atoms with Crippen molar-refractivity contribution in [1.82, 2.24) is 0 Å². The van der Waals surface area contributed by atoms with E-state index >= 15 is 0 Å². The molecule has 496 valence electrons. The molecular weight excluding hydrogens is 1270 g/mol. The molecule has 0 atom stereocenters. The van der Waals surface area contributed by atoms with Crippen LogP contribution < -0.4 is 0 Å². The summed E-state index contributed by atoms with van der Waals surface area (Å²) in [6, 6.07) is 133. The smallest absolute Gasteiger partial charge is 0.136 e. The molecule has 105 heavy (non-hydrogen) atoms. The van der Waals surface area contributed by atoms with Crippen LogP contribution in [0.15, 0.2) is 373 Å². The Labute approximate surface area is 611 Å². The zero-order chi connectivity index (χ0) is 70.3. The first-order chi connectivity index (χ1) is 51.6. The summed E-state index contributed by atoms with van der Waals surface area (Å²) in [7, 11) is 0. The molecule has 0 aliphatic heterocycles. The molecule has 2 heterocycles. The average molecular weight is 1340 g/mol. The lowest BCUT2D eigenvalue weighted by atomic mass is 9.80. The summed E-state index contributed by atoms with van der Waals surface area (Å²) in [6.45, 7) is 8.98. The first kappa shape index (κ1) is 62.8. The van der Waals surface area contributed by atoms with Gasteiger partial charge in [-0.3, -0.25) is 0 Å². The maximum Gasteiger partial charge on any atom is 0.136 e. The van der Waals surface area contributed by atoms with E-state index in [1.165, 1.54) is 165 Å². The molecule has 0 unspecified atom stereocenters. The lowest BCUT2D eigenvalue weighted by Crippen LogP contribution is -2.10. The topological polar surface area (TPSA) is 26.3 Å². The molecule has 2 aromatic heterocycles. The van der Waals surface area contributed by atoms with E-state index in [-0.39, 0.29) is 5.41 Å². The molecule has 20 rings (SSSR count). The molecule has 0 aliphatic rings. The van der Waals surface area contributed by atoms with Crippen molar-refractivity contribution in [3.05, 3.63) is 375 Å². The van der Waals surface area contributed by atoms with E-state index in [0.717, 1.165) is 44.6 Å². The van der Waals surface area contributed by atoms with E-state index in [0.29, 0.717) is 0 Å². The lowest BCUT2D eigenvalue weighted by Gasteiger charge is -2.22. The van der Waals surface area contributed by atoms with E-state index in [1.54, 1.807) is 0 Å². The molecule has 0 bridgehead atoms. The molecule has 20 aromatic rings. The summed E-state index contributed by atoms with van der Waals surface area (Å²) in [4.78, 5) is 0. The van der Waals surface area contributed by atoms with Crippen LogP contribution in [-0.2, 0) is 5.41 Å². The van der Waals surface area contributed by atoms with E-state index < -0.39 is 0 Å². The van der Waals surface area contributed by atoms with Gasteiger partial charge in [-0.15, -0.1) is 0 Å². The standard InChI is InChI=1S/C54H36.C49H36O2/c1-5-17-37(18-6-1)43-29-31-47(49(33-43)39-21-9-3-10-22-39)53-45-27-15-16-28-46(45)54(52-36-42-26-14-13-25-41(42)35-51(52)53)48-32-30-44(38-19-7-2-8-20-38)34-50(48)40-23-11-4-12-24-40;1-29-16-18-30(19-17-29)39-27-41(45-25-32-10-5-7-14-43(32)50-45)37-23-21-36-40(31-12-9-13-34(24-31)49(2,3)4)28-42(38-22-20-35(39)47(37)48(36)38)46-26-33-11-6-8-15-44(33)51-46/h1-36H;5-28H,1-4H3. The Morgan fingerprint density at radius 2 is 0.571 bits per heavy atom. The van der Waals surface area contributed by atoms with E-state index in [1.807, 2.05) is 18.2 Å². The Kier molecular flexibility index (Phi) is 15.4. The van der Waals surface area contributed by atoms with Crippen LogP contribution in [0.3, 0.4) is 0 Å². The van der Waals surface area contributed by atoms with Crippen molar-refractivity contribution in [2.24, 2.45) is 0 Å². The van der Waals surface area contributed by atoms with E-state index in [9.17, 15) is 0 Å². The average Bonchev–Trinajstić information content (AvgIpc) is 1.50. The minimum atomic E-state index is 0.0196. The molecule has 18 aromatic carbocycles. The third kappa shape index (κ3) is 11.2. The molecule has 0 fully saturated rings. The van der Waals surface area contributed by atoms with Gasteiger partial charge in [0.05, 0.1) is 0 Å². The fourth-order valence-electron chi connectivity index (χ4n) is 16.3. The Hall–Kier alpha value is -13.1. The number of para-hydroxylation sites is 2. The fraction of sp³-hybridized carbons (Fsp3) is 0.0485. The van der Waals surface area contributed by atoms with Gasteiger partial charge in [-0.2, -0.15) is 0 Å². The van der Waals surface area contributed by atoms with Crippen LogP contribution in [0.1, 0.15) is 31.9 Å². The third-order valence-electron chi connectivity index (χ3n) is 21.5. The highest BCUT2D eigenvalue weighted by Crippen LogP contribution is 2.53. The zero-order valence-electron chi connectivity index (χ0n) is 59.0. The van der Waals surface area contributed by atoms with Gasteiger partial charge in [0.2, 0.25) is 0 Å². The summed E-state index contributed by atoms with van der Waals surface area (Å²) in [5, 5.41) is 16.9. The number of benzene rings is 18. The van der Waals surface area contributed by atoms with Crippen molar-refractivity contribution in [2.75, 3.05) is 0 Å². The van der Waals surface area contributed by atoms with Crippen LogP contribution in [0, 0.1) is 6.92 Å². The quantitative estimate of drug-likeness (QED) is 0.101. The number of aryl methyl sites for hydroxylation is 1. The highest BCUT2D eigenvalue weighted by molar-refractivity contribution is 6.32. The van der Waals surface area contributed by atoms with Gasteiger partial charge in [-0.1, -0.05) is 330 Å². The molecule has 0 saturated carbocycles. The van der Waals surface area contributed by atoms with Crippen LogP contribution in [0.2, 0.25) is 0 Å². The maximum absolute atomic E-state index is 6.63. The van der Waals surface area contributed by atoms with E-state index in [4.69, 9.17) is 8.83 Å². The Morgan fingerprint density at radius 1 is 0.210 bits per heavy atom. The minimum absolute atomic E-state index is 0.0196. The van der Waals surface area contributed by atoms with Crippen LogP contribution in [0.25, 0.3) is 198 Å². The van der Waals surface area contributed by atoms with Crippen molar-refractivity contribution >= 4 is 86.6 Å². The van der Waals surface area contributed by atoms with Crippen molar-refractivity contribution < 1.29 is 8.83 Å². The normalized spacial score (nSPS) is 11.8.